The van der Waals surface area contributed by atoms with Gasteiger partial charge in [-0.05, 0) is 0 Å². The van der Waals surface area contributed by atoms with Crippen molar-refractivity contribution in [2.75, 3.05) is 0 Å². The molecule has 4 heavy (non-hydrogen) atoms. The summed E-state index contributed by atoms with van der Waals surface area (Å²) < 4.78 is 0. The Morgan fingerprint density at radius 1 is 1.00 bits per heavy atom. The topological polar surface area (TPSA) is 0 Å². The molecule has 28 valence electrons. The average Bonchev–Trinajstić information content (AvgIpc) is 0. The molecule has 0 amide bonds. The molecule has 0 aromatic heterocycles. The molecule has 0 aliphatic heterocycles. The third-order valence-corrected chi connectivity index (χ3v) is 0. The largest absolute Gasteiger partial charge is 0 e. The molecular weight excluding hydrogens is 288 g/mol. The first-order chi connectivity index (χ1) is 0. The van der Waals surface area contributed by atoms with E-state index in [-0.39, 0.29) is 84.7 Å². The van der Waals surface area contributed by atoms with Gasteiger partial charge in [-0.2, -0.15) is 0 Å². The molecule has 0 aliphatic carbocycles. The van der Waals surface area contributed by atoms with Crippen molar-refractivity contribution in [3.8, 4) is 0 Å². The summed E-state index contributed by atoms with van der Waals surface area (Å²) in [5, 5.41) is 0. The van der Waals surface area contributed by atoms with Crippen LogP contribution in [0.25, 0.3) is 0 Å². The van der Waals surface area contributed by atoms with Gasteiger partial charge in [0.1, 0.15) is 0 Å². The van der Waals surface area contributed by atoms with Gasteiger partial charge < -0.3 is 0 Å². The summed E-state index contributed by atoms with van der Waals surface area (Å²) in [6.45, 7) is 0. The molecule has 0 heterocycles. The second-order valence-electron chi connectivity index (χ2n) is 0. The third kappa shape index (κ3) is 8.82. The van der Waals surface area contributed by atoms with Crippen LogP contribution in [0.1, 0.15) is 7.43 Å². The minimum Gasteiger partial charge on any atom is 0 e. The Bertz CT molecular complexity index is 8.00. The summed E-state index contributed by atoms with van der Waals surface area (Å²) in [6, 6.07) is 0. The molecule has 0 nitrogen and oxygen atoms in total. The second-order valence-corrected chi connectivity index (χ2v) is 0. The molecule has 0 spiro atoms. The van der Waals surface area contributed by atoms with E-state index >= 15 is 0 Å². The minimum atomic E-state index is 0. The first-order valence-corrected chi connectivity index (χ1v) is 0. The van der Waals surface area contributed by atoms with E-state index in [1.54, 1.807) is 0 Å². The Morgan fingerprint density at radius 3 is 1.00 bits per heavy atom. The van der Waals surface area contributed by atoms with Crippen LogP contribution < -0.4 is 0 Å². The van der Waals surface area contributed by atoms with E-state index < -0.39 is 0 Å². The summed E-state index contributed by atoms with van der Waals surface area (Å²) in [7, 11) is 0. The summed E-state index contributed by atoms with van der Waals surface area (Å²) in [4.78, 5) is 0. The molecule has 0 aromatic carbocycles. The summed E-state index contributed by atoms with van der Waals surface area (Å²) in [5.74, 6) is 0. The van der Waals surface area contributed by atoms with Gasteiger partial charge in [0.25, 0.3) is 0 Å². The smallest absolute Gasteiger partial charge is 0 e. The fourth-order valence-corrected chi connectivity index (χ4v) is 0. The van der Waals surface area contributed by atoms with Crippen molar-refractivity contribution in [1.82, 2.24) is 0 Å². The third-order valence-electron chi connectivity index (χ3n) is 0. The molecule has 0 aromatic rings. The van der Waals surface area contributed by atoms with Crippen molar-refractivity contribution >= 4 is 19.8 Å². The van der Waals surface area contributed by atoms with E-state index in [1.165, 1.54) is 0 Å². The summed E-state index contributed by atoms with van der Waals surface area (Å²) >= 11 is 0. The van der Waals surface area contributed by atoms with Gasteiger partial charge in [0.2, 0.25) is 0 Å². The molecular formula is CH7FeGaSm. The molecule has 0 unspecified atom stereocenters. The monoisotopic (exact) mass is 296 g/mol. The molecule has 0 N–H and O–H groups in total. The van der Waals surface area contributed by atoms with E-state index in [1.807, 2.05) is 0 Å². The predicted octanol–water partition coefficient (Wildman–Crippen LogP) is -0.550. The van der Waals surface area contributed by atoms with Crippen molar-refractivity contribution < 1.29 is 57.5 Å². The first kappa shape index (κ1) is 31.5. The maximum absolute atomic E-state index is 0. The molecule has 0 fully saturated rings. The van der Waals surface area contributed by atoms with E-state index in [0.717, 1.165) is 0 Å². The average molecular weight is 295 g/mol. The van der Waals surface area contributed by atoms with Crippen LogP contribution in [0.3, 0.4) is 0 Å². The molecule has 3 heteroatoms. The van der Waals surface area contributed by atoms with Crippen molar-refractivity contribution in [2.45, 2.75) is 7.43 Å². The molecule has 0 saturated heterocycles. The van der Waals surface area contributed by atoms with Gasteiger partial charge in [-0.1, -0.05) is 7.43 Å². The van der Waals surface area contributed by atoms with Crippen LogP contribution in [-0.4, -0.2) is 19.8 Å². The summed E-state index contributed by atoms with van der Waals surface area (Å²) in [5.41, 5.74) is 0. The van der Waals surface area contributed by atoms with Gasteiger partial charge in [0, 0.05) is 57.5 Å². The molecule has 0 aliphatic rings. The van der Waals surface area contributed by atoms with E-state index in [2.05, 4.69) is 0 Å². The molecule has 0 bridgehead atoms. The fourth-order valence-electron chi connectivity index (χ4n) is 0. The second kappa shape index (κ2) is 17.8. The predicted molar refractivity (Wildman–Crippen MR) is 16.7 cm³/mol. The van der Waals surface area contributed by atoms with Crippen LogP contribution in [0.15, 0.2) is 0 Å². The number of hydrogen-bond acceptors (Lipinski definition) is 0. The van der Waals surface area contributed by atoms with Gasteiger partial charge in [0.15, 0.2) is 0 Å². The Balaban J connectivity index is 0. The van der Waals surface area contributed by atoms with Crippen molar-refractivity contribution in [2.24, 2.45) is 0 Å². The standard InChI is InChI=1S/CH4.Fe.Ga.Sm.3H/h1H4;;;;;;. The van der Waals surface area contributed by atoms with E-state index in [0.29, 0.717) is 0 Å². The van der Waals surface area contributed by atoms with Crippen LogP contribution in [0.2, 0.25) is 0 Å². The Hall–Kier alpha value is 2.49. The van der Waals surface area contributed by atoms with Crippen molar-refractivity contribution in [3.05, 3.63) is 0 Å². The number of rotatable bonds is 0. The zero-order chi connectivity index (χ0) is 0. The molecule has 0 radical (unpaired) electrons. The van der Waals surface area contributed by atoms with Crippen LogP contribution in [0, 0.1) is 40.4 Å². The normalized spacial score (nSPS) is 0. The van der Waals surface area contributed by atoms with Crippen LogP contribution in [0.5, 0.6) is 0 Å². The zero-order valence-electron chi connectivity index (χ0n) is 0.762. The van der Waals surface area contributed by atoms with Crippen molar-refractivity contribution in [3.63, 3.8) is 0 Å². The molecule has 0 atom stereocenters. The first-order valence-electron chi connectivity index (χ1n) is 0. The van der Waals surface area contributed by atoms with Gasteiger partial charge in [0.05, 0.1) is 0 Å². The van der Waals surface area contributed by atoms with Crippen LogP contribution >= 0.6 is 0 Å². The van der Waals surface area contributed by atoms with Gasteiger partial charge in [-0.25, -0.2) is 0 Å². The maximum atomic E-state index is 0. The van der Waals surface area contributed by atoms with Crippen molar-refractivity contribution in [1.29, 1.82) is 0 Å². The van der Waals surface area contributed by atoms with E-state index in [4.69, 9.17) is 0 Å². The molecule has 0 saturated carbocycles. The minimum absolute atomic E-state index is 0. The Kier molecular flexibility index (Phi) is 141. The zero-order valence-corrected chi connectivity index (χ0v) is 4.49. The summed E-state index contributed by atoms with van der Waals surface area (Å²) in [6.07, 6.45) is 0. The quantitative estimate of drug-likeness (QED) is 0.526. The van der Waals surface area contributed by atoms with Gasteiger partial charge in [-0.15, -0.1) is 0 Å². The Morgan fingerprint density at radius 2 is 1.00 bits per heavy atom. The fraction of sp³-hybridized carbons (Fsp3) is 1.00. The molecule has 0 rings (SSSR count). The maximum Gasteiger partial charge on any atom is 0 e. The van der Waals surface area contributed by atoms with Gasteiger partial charge in [-0.3, -0.25) is 0 Å². The SMILES string of the molecule is C.[Fe].[GaH3].[Sm]. The number of hydrogen-bond donors (Lipinski definition) is 0. The van der Waals surface area contributed by atoms with Gasteiger partial charge >= 0.3 is 19.8 Å². The van der Waals surface area contributed by atoms with Crippen LogP contribution in [0.4, 0.5) is 0 Å². The van der Waals surface area contributed by atoms with Crippen LogP contribution in [-0.2, 0) is 17.1 Å². The Labute approximate surface area is 83.1 Å². The van der Waals surface area contributed by atoms with E-state index in [9.17, 15) is 0 Å².